The lowest BCUT2D eigenvalue weighted by Gasteiger charge is -2.21. The van der Waals surface area contributed by atoms with Crippen molar-refractivity contribution in [3.63, 3.8) is 0 Å². The molecule has 1 N–H and O–H groups in total. The van der Waals surface area contributed by atoms with E-state index in [0.29, 0.717) is 26.1 Å². The Morgan fingerprint density at radius 2 is 1.65 bits per heavy atom. The van der Waals surface area contributed by atoms with E-state index in [4.69, 9.17) is 4.74 Å². The van der Waals surface area contributed by atoms with Crippen LogP contribution in [0.15, 0.2) is 54.6 Å². The van der Waals surface area contributed by atoms with Gasteiger partial charge in [0.15, 0.2) is 0 Å². The summed E-state index contributed by atoms with van der Waals surface area (Å²) in [6.07, 6.45) is 1.12. The number of carbonyl (C=O) groups is 2. The van der Waals surface area contributed by atoms with Gasteiger partial charge in [-0.3, -0.25) is 9.59 Å². The molecule has 0 aliphatic heterocycles. The van der Waals surface area contributed by atoms with E-state index in [0.717, 1.165) is 17.7 Å². The minimum atomic E-state index is -0.0540. The molecule has 0 fully saturated rings. The van der Waals surface area contributed by atoms with Crippen LogP contribution >= 0.6 is 0 Å². The molecule has 2 aromatic carbocycles. The lowest BCUT2D eigenvalue weighted by Crippen LogP contribution is -2.39. The fourth-order valence-electron chi connectivity index (χ4n) is 2.66. The van der Waals surface area contributed by atoms with Crippen LogP contribution < -0.4 is 10.1 Å². The molecule has 0 aromatic heterocycles. The molecule has 0 unspecified atom stereocenters. The number of hydrogen-bond acceptors (Lipinski definition) is 3. The second kappa shape index (κ2) is 10.2. The fraction of sp³-hybridized carbons (Fsp3) is 0.333. The molecule has 0 atom stereocenters. The van der Waals surface area contributed by atoms with Crippen molar-refractivity contribution in [1.29, 1.82) is 0 Å². The molecule has 0 aliphatic rings. The number of nitrogens with one attached hydrogen (secondary N) is 1. The molecule has 0 saturated carbocycles. The molecule has 2 rings (SSSR count). The predicted molar refractivity (Wildman–Crippen MR) is 102 cm³/mol. The highest BCUT2D eigenvalue weighted by Gasteiger charge is 2.10. The van der Waals surface area contributed by atoms with Gasteiger partial charge in [0.2, 0.25) is 11.8 Å². The molecule has 2 amide bonds. The van der Waals surface area contributed by atoms with Gasteiger partial charge in [-0.2, -0.15) is 0 Å². The molecule has 5 heteroatoms. The summed E-state index contributed by atoms with van der Waals surface area (Å²) in [5.74, 6) is 0.733. The second-order valence-electron chi connectivity index (χ2n) is 6.12. The first-order chi connectivity index (χ1) is 12.6. The van der Waals surface area contributed by atoms with Crippen LogP contribution in [-0.4, -0.2) is 43.5 Å². The Balaban J connectivity index is 1.74. The molecule has 0 radical (unpaired) electrons. The number of methoxy groups -OCH3 is 1. The van der Waals surface area contributed by atoms with Gasteiger partial charge < -0.3 is 15.0 Å². The summed E-state index contributed by atoms with van der Waals surface area (Å²) in [5.41, 5.74) is 2.12. The molecule has 138 valence electrons. The number of benzene rings is 2. The third-order valence-electron chi connectivity index (χ3n) is 4.19. The maximum atomic E-state index is 12.1. The van der Waals surface area contributed by atoms with Gasteiger partial charge in [0.05, 0.1) is 13.5 Å². The van der Waals surface area contributed by atoms with Gasteiger partial charge in [-0.15, -0.1) is 0 Å². The SMILES string of the molecule is COc1ccc(CC(=O)NCCN(CCc2ccccc2)C(C)=O)cc1. The molecule has 0 spiro atoms. The first-order valence-corrected chi connectivity index (χ1v) is 8.77. The van der Waals surface area contributed by atoms with Crippen molar-refractivity contribution in [2.75, 3.05) is 26.7 Å². The van der Waals surface area contributed by atoms with Crippen LogP contribution in [0.2, 0.25) is 0 Å². The smallest absolute Gasteiger partial charge is 0.224 e. The minimum Gasteiger partial charge on any atom is -0.497 e. The van der Waals surface area contributed by atoms with E-state index in [-0.39, 0.29) is 11.8 Å². The van der Waals surface area contributed by atoms with Crippen molar-refractivity contribution in [3.8, 4) is 5.75 Å². The lowest BCUT2D eigenvalue weighted by atomic mass is 10.1. The van der Waals surface area contributed by atoms with Crippen molar-refractivity contribution in [2.45, 2.75) is 19.8 Å². The van der Waals surface area contributed by atoms with E-state index in [1.165, 1.54) is 5.56 Å². The monoisotopic (exact) mass is 354 g/mol. The number of carbonyl (C=O) groups excluding carboxylic acids is 2. The molecule has 5 nitrogen and oxygen atoms in total. The Morgan fingerprint density at radius 3 is 2.27 bits per heavy atom. The standard InChI is InChI=1S/C21H26N2O3/c1-17(24)23(14-12-18-6-4-3-5-7-18)15-13-22-21(25)16-19-8-10-20(26-2)11-9-19/h3-11H,12-16H2,1-2H3,(H,22,25). The molecule has 0 aliphatic carbocycles. The first-order valence-electron chi connectivity index (χ1n) is 8.77. The van der Waals surface area contributed by atoms with Crippen molar-refractivity contribution >= 4 is 11.8 Å². The average Bonchev–Trinajstić information content (AvgIpc) is 2.65. The van der Waals surface area contributed by atoms with E-state index in [1.807, 2.05) is 42.5 Å². The van der Waals surface area contributed by atoms with Crippen LogP contribution in [0, 0.1) is 0 Å². The Morgan fingerprint density at radius 1 is 0.962 bits per heavy atom. The Hall–Kier alpha value is -2.82. The number of nitrogens with zero attached hydrogens (tertiary/aromatic N) is 1. The highest BCUT2D eigenvalue weighted by atomic mass is 16.5. The summed E-state index contributed by atoms with van der Waals surface area (Å²) in [5, 5.41) is 2.88. The van der Waals surface area contributed by atoms with E-state index >= 15 is 0 Å². The summed E-state index contributed by atoms with van der Waals surface area (Å²) in [6.45, 7) is 3.16. The van der Waals surface area contributed by atoms with Crippen molar-refractivity contribution in [1.82, 2.24) is 10.2 Å². The van der Waals surface area contributed by atoms with Crippen LogP contribution in [0.1, 0.15) is 18.1 Å². The zero-order valence-corrected chi connectivity index (χ0v) is 15.4. The summed E-state index contributed by atoms with van der Waals surface area (Å²) in [7, 11) is 1.61. The summed E-state index contributed by atoms with van der Waals surface area (Å²) in [6, 6.07) is 17.5. The van der Waals surface area contributed by atoms with E-state index in [1.54, 1.807) is 18.9 Å². The van der Waals surface area contributed by atoms with Crippen LogP contribution in [0.5, 0.6) is 5.75 Å². The Labute approximate surface area is 155 Å². The van der Waals surface area contributed by atoms with Gasteiger partial charge in [-0.25, -0.2) is 0 Å². The van der Waals surface area contributed by atoms with Crippen molar-refractivity contribution in [3.05, 3.63) is 65.7 Å². The van der Waals surface area contributed by atoms with Crippen LogP contribution in [0.4, 0.5) is 0 Å². The normalized spacial score (nSPS) is 10.2. The van der Waals surface area contributed by atoms with E-state index < -0.39 is 0 Å². The van der Waals surface area contributed by atoms with E-state index in [9.17, 15) is 9.59 Å². The summed E-state index contributed by atoms with van der Waals surface area (Å²) >= 11 is 0. The highest BCUT2D eigenvalue weighted by Crippen LogP contribution is 2.11. The van der Waals surface area contributed by atoms with Gasteiger partial charge in [-0.1, -0.05) is 42.5 Å². The Kier molecular flexibility index (Phi) is 7.68. The molecular weight excluding hydrogens is 328 g/mol. The largest absolute Gasteiger partial charge is 0.497 e. The fourth-order valence-corrected chi connectivity index (χ4v) is 2.66. The predicted octanol–water partition coefficient (Wildman–Crippen LogP) is 2.45. The zero-order valence-electron chi connectivity index (χ0n) is 15.4. The lowest BCUT2D eigenvalue weighted by molar-refractivity contribution is -0.129. The molecule has 26 heavy (non-hydrogen) atoms. The van der Waals surface area contributed by atoms with Gasteiger partial charge in [-0.05, 0) is 29.7 Å². The summed E-state index contributed by atoms with van der Waals surface area (Å²) < 4.78 is 5.10. The average molecular weight is 354 g/mol. The number of hydrogen-bond donors (Lipinski definition) is 1. The van der Waals surface area contributed by atoms with Gasteiger partial charge in [0, 0.05) is 26.6 Å². The topological polar surface area (TPSA) is 58.6 Å². The Bertz CT molecular complexity index is 699. The third-order valence-corrected chi connectivity index (χ3v) is 4.19. The van der Waals surface area contributed by atoms with Gasteiger partial charge in [0.25, 0.3) is 0 Å². The maximum absolute atomic E-state index is 12.1. The number of rotatable bonds is 9. The molecule has 2 aromatic rings. The maximum Gasteiger partial charge on any atom is 0.224 e. The van der Waals surface area contributed by atoms with Gasteiger partial charge in [0.1, 0.15) is 5.75 Å². The number of ether oxygens (including phenoxy) is 1. The van der Waals surface area contributed by atoms with Gasteiger partial charge >= 0.3 is 0 Å². The van der Waals surface area contributed by atoms with Crippen LogP contribution in [0.25, 0.3) is 0 Å². The van der Waals surface area contributed by atoms with Crippen molar-refractivity contribution < 1.29 is 14.3 Å². The summed E-state index contributed by atoms with van der Waals surface area (Å²) in [4.78, 5) is 25.6. The zero-order chi connectivity index (χ0) is 18.8. The van der Waals surface area contributed by atoms with E-state index in [2.05, 4.69) is 17.4 Å². The highest BCUT2D eigenvalue weighted by molar-refractivity contribution is 5.78. The second-order valence-corrected chi connectivity index (χ2v) is 6.12. The van der Waals surface area contributed by atoms with Crippen LogP contribution in [-0.2, 0) is 22.4 Å². The molecular formula is C21H26N2O3. The molecule has 0 heterocycles. The third kappa shape index (κ3) is 6.59. The first kappa shape index (κ1) is 19.5. The van der Waals surface area contributed by atoms with Crippen LogP contribution in [0.3, 0.4) is 0 Å². The number of amides is 2. The quantitative estimate of drug-likeness (QED) is 0.752. The molecule has 0 bridgehead atoms. The van der Waals surface area contributed by atoms with Crippen molar-refractivity contribution in [2.24, 2.45) is 0 Å². The molecule has 0 saturated heterocycles. The minimum absolute atomic E-state index is 0.0188.